The van der Waals surface area contributed by atoms with Crippen LogP contribution in [-0.2, 0) is 17.0 Å². The van der Waals surface area contributed by atoms with Gasteiger partial charge in [0.25, 0.3) is 0 Å². The minimum Gasteiger partial charge on any atom is -0.395 e. The molecule has 2 unspecified atom stereocenters. The Morgan fingerprint density at radius 3 is 2.39 bits per heavy atom. The Morgan fingerprint density at radius 2 is 1.79 bits per heavy atom. The number of aliphatic hydroxyl groups excluding tert-OH is 1. The molecule has 2 N–H and O–H groups in total. The van der Waals surface area contributed by atoms with Crippen molar-refractivity contribution in [3.63, 3.8) is 0 Å². The van der Waals surface area contributed by atoms with Crippen LogP contribution in [0.25, 0.3) is 22.2 Å². The molecule has 0 aliphatic heterocycles. The number of aromatic nitrogens is 2. The quantitative estimate of drug-likeness (QED) is 0.324. The van der Waals surface area contributed by atoms with Crippen molar-refractivity contribution < 1.29 is 22.5 Å². The van der Waals surface area contributed by atoms with E-state index in [1.165, 1.54) is 24.3 Å². The van der Waals surface area contributed by atoms with Crippen LogP contribution in [0.15, 0.2) is 59.5 Å². The zero-order valence-electron chi connectivity index (χ0n) is 17.1. The molecule has 0 radical (unpaired) electrons. The van der Waals surface area contributed by atoms with Gasteiger partial charge in [0.05, 0.1) is 33.7 Å². The number of hydrogen-bond donors (Lipinski definition) is 2. The topological polar surface area (TPSA) is 66.0 Å². The van der Waals surface area contributed by atoms with Gasteiger partial charge in [-0.1, -0.05) is 53.5 Å². The number of aromatic amines is 1. The Morgan fingerprint density at radius 1 is 1.12 bits per heavy atom. The molecule has 4 aromatic rings. The monoisotopic (exact) mass is 512 g/mol. The van der Waals surface area contributed by atoms with Crippen LogP contribution in [0.4, 0.5) is 13.2 Å². The number of benzene rings is 3. The van der Waals surface area contributed by atoms with Crippen molar-refractivity contribution in [2.75, 3.05) is 12.9 Å². The third kappa shape index (κ3) is 4.53. The number of rotatable bonds is 5. The molecule has 0 bridgehead atoms. The van der Waals surface area contributed by atoms with Gasteiger partial charge in [-0.15, -0.1) is 0 Å². The third-order valence-electron chi connectivity index (χ3n) is 5.32. The third-order valence-corrected chi connectivity index (χ3v) is 6.92. The number of fused-ring (bicyclic) bond motifs is 1. The molecular weight excluding hydrogens is 496 g/mol. The molecule has 172 valence electrons. The lowest BCUT2D eigenvalue weighted by Crippen LogP contribution is -2.08. The highest BCUT2D eigenvalue weighted by atomic mass is 35.5. The molecule has 0 saturated carbocycles. The summed E-state index contributed by atoms with van der Waals surface area (Å²) in [5, 5.41) is 10.0. The zero-order chi connectivity index (χ0) is 23.9. The Balaban J connectivity index is 1.84. The van der Waals surface area contributed by atoms with Gasteiger partial charge >= 0.3 is 6.18 Å². The lowest BCUT2D eigenvalue weighted by atomic mass is 9.98. The fourth-order valence-corrected chi connectivity index (χ4v) is 4.92. The molecule has 0 saturated heterocycles. The molecule has 1 aromatic heterocycles. The lowest BCUT2D eigenvalue weighted by Gasteiger charge is -2.15. The molecule has 0 amide bonds. The number of imidazole rings is 1. The average Bonchev–Trinajstić information content (AvgIpc) is 3.18. The van der Waals surface area contributed by atoms with Crippen LogP contribution in [0.3, 0.4) is 0 Å². The minimum atomic E-state index is -4.59. The SMILES string of the molecule is CS(=O)c1ccc(C(CO)c2nc3c(Cl)c(-c4ccccc4C(F)(F)F)c(Cl)cc3[nH]2)cc1. The largest absolute Gasteiger partial charge is 0.417 e. The number of hydrogen-bond acceptors (Lipinski definition) is 3. The van der Waals surface area contributed by atoms with Gasteiger partial charge < -0.3 is 10.1 Å². The second-order valence-electron chi connectivity index (χ2n) is 7.37. The number of H-pyrrole nitrogens is 1. The van der Waals surface area contributed by atoms with Crippen molar-refractivity contribution in [1.82, 2.24) is 9.97 Å². The number of alkyl halides is 3. The summed E-state index contributed by atoms with van der Waals surface area (Å²) in [5.74, 6) is -0.186. The smallest absolute Gasteiger partial charge is 0.395 e. The Hall–Kier alpha value is -2.39. The highest BCUT2D eigenvalue weighted by molar-refractivity contribution is 7.84. The molecule has 4 rings (SSSR count). The van der Waals surface area contributed by atoms with Crippen LogP contribution in [0.1, 0.15) is 22.9 Å². The number of nitrogens with one attached hydrogen (secondary N) is 1. The molecule has 2 atom stereocenters. The Labute approximate surface area is 199 Å². The number of nitrogens with zero attached hydrogens (tertiary/aromatic N) is 1. The normalized spacial score (nSPS) is 13.9. The first kappa shape index (κ1) is 23.8. The zero-order valence-corrected chi connectivity index (χ0v) is 19.4. The summed E-state index contributed by atoms with van der Waals surface area (Å²) in [6.07, 6.45) is -3.02. The molecule has 0 aliphatic carbocycles. The van der Waals surface area contributed by atoms with E-state index in [1.54, 1.807) is 30.5 Å². The maximum absolute atomic E-state index is 13.6. The highest BCUT2D eigenvalue weighted by Crippen LogP contribution is 2.45. The molecule has 3 aromatic carbocycles. The van der Waals surface area contributed by atoms with Crippen molar-refractivity contribution in [3.05, 3.63) is 81.6 Å². The van der Waals surface area contributed by atoms with Crippen LogP contribution < -0.4 is 0 Å². The first-order valence-corrected chi connectivity index (χ1v) is 12.0. The molecule has 0 aliphatic rings. The van der Waals surface area contributed by atoms with Gasteiger partial charge in [0, 0.05) is 27.5 Å². The summed E-state index contributed by atoms with van der Waals surface area (Å²) in [6.45, 7) is -0.288. The maximum Gasteiger partial charge on any atom is 0.417 e. The predicted octanol–water partition coefficient (Wildman–Crippen LogP) is 6.42. The van der Waals surface area contributed by atoms with Gasteiger partial charge in [-0.25, -0.2) is 4.98 Å². The van der Waals surface area contributed by atoms with Gasteiger partial charge in [-0.2, -0.15) is 13.2 Å². The summed E-state index contributed by atoms with van der Waals surface area (Å²) in [5.41, 5.74) is 0.423. The second-order valence-corrected chi connectivity index (χ2v) is 9.53. The molecule has 10 heteroatoms. The Bertz CT molecular complexity index is 1350. The van der Waals surface area contributed by atoms with E-state index in [2.05, 4.69) is 9.97 Å². The fourth-order valence-electron chi connectivity index (χ4n) is 3.70. The van der Waals surface area contributed by atoms with E-state index in [4.69, 9.17) is 23.2 Å². The van der Waals surface area contributed by atoms with Crippen molar-refractivity contribution >= 4 is 45.0 Å². The molecule has 33 heavy (non-hydrogen) atoms. The van der Waals surface area contributed by atoms with Crippen LogP contribution >= 0.6 is 23.2 Å². The van der Waals surface area contributed by atoms with Gasteiger partial charge in [0.2, 0.25) is 0 Å². The summed E-state index contributed by atoms with van der Waals surface area (Å²) in [4.78, 5) is 8.20. The van der Waals surface area contributed by atoms with Crippen molar-refractivity contribution in [2.24, 2.45) is 0 Å². The van der Waals surface area contributed by atoms with E-state index in [0.717, 1.165) is 11.6 Å². The van der Waals surface area contributed by atoms with E-state index >= 15 is 0 Å². The van der Waals surface area contributed by atoms with E-state index in [0.29, 0.717) is 16.2 Å². The van der Waals surface area contributed by atoms with Gasteiger partial charge in [0.15, 0.2) is 0 Å². The minimum absolute atomic E-state index is 0.0230. The standard InChI is InChI=1S/C23H17Cl2F3N2O2S/c1-33(32)13-8-6-12(7-9-13)15(11-31)22-29-18-10-17(24)19(20(25)21(18)30-22)14-4-2-3-5-16(14)23(26,27)28/h2-10,15,31H,11H2,1H3,(H,29,30). The van der Waals surface area contributed by atoms with E-state index < -0.39 is 28.5 Å². The van der Waals surface area contributed by atoms with Crippen molar-refractivity contribution in [2.45, 2.75) is 17.0 Å². The summed E-state index contributed by atoms with van der Waals surface area (Å²) < 4.78 is 52.4. The lowest BCUT2D eigenvalue weighted by molar-refractivity contribution is -0.137. The maximum atomic E-state index is 13.6. The van der Waals surface area contributed by atoms with Crippen LogP contribution in [0, 0.1) is 0 Å². The molecule has 1 heterocycles. The fraction of sp³-hybridized carbons (Fsp3) is 0.174. The predicted molar refractivity (Wildman–Crippen MR) is 124 cm³/mol. The number of halogens is 5. The van der Waals surface area contributed by atoms with E-state index in [9.17, 15) is 22.5 Å². The Kier molecular flexibility index (Phi) is 6.55. The summed E-state index contributed by atoms with van der Waals surface area (Å²) in [7, 11) is -1.14. The molecule has 0 fully saturated rings. The van der Waals surface area contributed by atoms with E-state index in [-0.39, 0.29) is 33.3 Å². The van der Waals surface area contributed by atoms with Crippen molar-refractivity contribution in [3.8, 4) is 11.1 Å². The molecular formula is C23H17Cl2F3N2O2S. The number of aliphatic hydroxyl groups is 1. The summed E-state index contributed by atoms with van der Waals surface area (Å²) in [6, 6.07) is 13.4. The first-order chi connectivity index (χ1) is 15.6. The van der Waals surface area contributed by atoms with E-state index in [1.807, 2.05) is 0 Å². The van der Waals surface area contributed by atoms with Crippen LogP contribution in [0.2, 0.25) is 10.0 Å². The highest BCUT2D eigenvalue weighted by Gasteiger charge is 2.34. The van der Waals surface area contributed by atoms with Crippen LogP contribution in [-0.4, -0.2) is 32.1 Å². The summed E-state index contributed by atoms with van der Waals surface area (Å²) >= 11 is 12.9. The molecule has 4 nitrogen and oxygen atoms in total. The average molecular weight is 513 g/mol. The van der Waals surface area contributed by atoms with Gasteiger partial charge in [-0.3, -0.25) is 4.21 Å². The first-order valence-electron chi connectivity index (χ1n) is 9.70. The van der Waals surface area contributed by atoms with Gasteiger partial charge in [-0.05, 0) is 35.4 Å². The van der Waals surface area contributed by atoms with Gasteiger partial charge in [0.1, 0.15) is 11.3 Å². The van der Waals surface area contributed by atoms with Crippen molar-refractivity contribution in [1.29, 1.82) is 0 Å². The second kappa shape index (κ2) is 9.10. The van der Waals surface area contributed by atoms with Crippen LogP contribution in [0.5, 0.6) is 0 Å². The molecule has 0 spiro atoms.